The molecule has 25 heavy (non-hydrogen) atoms. The molecular formula is C17H18N2O4S2. The summed E-state index contributed by atoms with van der Waals surface area (Å²) < 4.78 is 33.9. The van der Waals surface area contributed by atoms with Gasteiger partial charge in [-0.1, -0.05) is 12.1 Å². The molecule has 0 atom stereocenters. The Hall–Kier alpha value is -2.32. The Balaban J connectivity index is 1.56. The molecule has 132 valence electrons. The van der Waals surface area contributed by atoms with Gasteiger partial charge in [-0.3, -0.25) is 0 Å². The van der Waals surface area contributed by atoms with Crippen molar-refractivity contribution in [3.05, 3.63) is 48.0 Å². The molecule has 0 aromatic heterocycles. The van der Waals surface area contributed by atoms with E-state index in [1.165, 1.54) is 6.26 Å². The SMILES string of the molecule is CS(=O)(=O)c1ccc(CNC(=S)Nc2ccc3c(c2)OCCO3)cc1. The molecule has 1 aliphatic rings. The number of sulfone groups is 1. The quantitative estimate of drug-likeness (QED) is 0.791. The smallest absolute Gasteiger partial charge is 0.175 e. The zero-order valence-electron chi connectivity index (χ0n) is 13.6. The van der Waals surface area contributed by atoms with Gasteiger partial charge in [-0.05, 0) is 42.0 Å². The second-order valence-electron chi connectivity index (χ2n) is 5.58. The van der Waals surface area contributed by atoms with Gasteiger partial charge in [0, 0.05) is 24.6 Å². The lowest BCUT2D eigenvalue weighted by atomic mass is 10.2. The Morgan fingerprint density at radius 2 is 1.76 bits per heavy atom. The zero-order chi connectivity index (χ0) is 17.9. The van der Waals surface area contributed by atoms with E-state index in [-0.39, 0.29) is 0 Å². The number of nitrogens with one attached hydrogen (secondary N) is 2. The van der Waals surface area contributed by atoms with Crippen LogP contribution in [0.4, 0.5) is 5.69 Å². The topological polar surface area (TPSA) is 76.7 Å². The molecule has 8 heteroatoms. The summed E-state index contributed by atoms with van der Waals surface area (Å²) in [5, 5.41) is 6.63. The van der Waals surface area contributed by atoms with Crippen molar-refractivity contribution in [3.63, 3.8) is 0 Å². The zero-order valence-corrected chi connectivity index (χ0v) is 15.2. The van der Waals surface area contributed by atoms with E-state index in [0.29, 0.717) is 35.5 Å². The van der Waals surface area contributed by atoms with E-state index in [9.17, 15) is 8.42 Å². The standard InChI is InChI=1S/C17H18N2O4S2/c1-25(20,21)14-5-2-12(3-6-14)11-18-17(24)19-13-4-7-15-16(10-13)23-9-8-22-15/h2-7,10H,8-9,11H2,1H3,(H2,18,19,24). The van der Waals surface area contributed by atoms with Gasteiger partial charge in [0.15, 0.2) is 26.4 Å². The fourth-order valence-corrected chi connectivity index (χ4v) is 3.15. The summed E-state index contributed by atoms with van der Waals surface area (Å²) in [7, 11) is -3.18. The fraction of sp³-hybridized carbons (Fsp3) is 0.235. The minimum Gasteiger partial charge on any atom is -0.486 e. The van der Waals surface area contributed by atoms with Crippen LogP contribution in [0.3, 0.4) is 0 Å². The van der Waals surface area contributed by atoms with Crippen molar-refractivity contribution >= 4 is 32.9 Å². The first-order chi connectivity index (χ1) is 11.9. The second-order valence-corrected chi connectivity index (χ2v) is 8.01. The molecule has 0 amide bonds. The Bertz CT molecular complexity index is 880. The summed E-state index contributed by atoms with van der Waals surface area (Å²) in [6.07, 6.45) is 1.19. The lowest BCUT2D eigenvalue weighted by Gasteiger charge is -2.19. The second kappa shape index (κ2) is 7.28. The maximum atomic E-state index is 11.5. The van der Waals surface area contributed by atoms with Crippen LogP contribution in [0.5, 0.6) is 11.5 Å². The van der Waals surface area contributed by atoms with Gasteiger partial charge in [0.1, 0.15) is 13.2 Å². The summed E-state index contributed by atoms with van der Waals surface area (Å²) in [5.74, 6) is 1.41. The molecule has 0 bridgehead atoms. The van der Waals surface area contributed by atoms with Crippen molar-refractivity contribution < 1.29 is 17.9 Å². The van der Waals surface area contributed by atoms with Crippen LogP contribution in [0.1, 0.15) is 5.56 Å². The molecule has 0 fully saturated rings. The van der Waals surface area contributed by atoms with Gasteiger partial charge < -0.3 is 20.1 Å². The molecule has 1 aliphatic heterocycles. The minimum absolute atomic E-state index is 0.299. The number of anilines is 1. The van der Waals surface area contributed by atoms with Crippen LogP contribution < -0.4 is 20.1 Å². The number of fused-ring (bicyclic) bond motifs is 1. The van der Waals surface area contributed by atoms with E-state index in [0.717, 1.165) is 17.0 Å². The highest BCUT2D eigenvalue weighted by Gasteiger charge is 2.12. The van der Waals surface area contributed by atoms with Crippen LogP contribution in [0.15, 0.2) is 47.4 Å². The van der Waals surface area contributed by atoms with E-state index < -0.39 is 9.84 Å². The normalized spacial score (nSPS) is 13.2. The predicted molar refractivity (Wildman–Crippen MR) is 100 cm³/mol. The van der Waals surface area contributed by atoms with Crippen molar-refractivity contribution in [1.29, 1.82) is 0 Å². The van der Waals surface area contributed by atoms with Gasteiger partial charge in [-0.15, -0.1) is 0 Å². The average molecular weight is 378 g/mol. The molecule has 0 saturated heterocycles. The van der Waals surface area contributed by atoms with E-state index in [1.807, 2.05) is 18.2 Å². The predicted octanol–water partition coefficient (Wildman–Crippen LogP) is 2.35. The number of ether oxygens (including phenoxy) is 2. The molecule has 0 aliphatic carbocycles. The van der Waals surface area contributed by atoms with Crippen LogP contribution >= 0.6 is 12.2 Å². The number of rotatable bonds is 4. The van der Waals surface area contributed by atoms with Crippen molar-refractivity contribution in [2.75, 3.05) is 24.8 Å². The van der Waals surface area contributed by atoms with E-state index >= 15 is 0 Å². The van der Waals surface area contributed by atoms with Crippen LogP contribution in [-0.2, 0) is 16.4 Å². The Kier molecular flexibility index (Phi) is 5.10. The van der Waals surface area contributed by atoms with Crippen LogP contribution in [0, 0.1) is 0 Å². The lowest BCUT2D eigenvalue weighted by Crippen LogP contribution is -2.28. The molecule has 0 spiro atoms. The third kappa shape index (κ3) is 4.61. The number of thiocarbonyl (C=S) groups is 1. The van der Waals surface area contributed by atoms with Crippen LogP contribution in [0.25, 0.3) is 0 Å². The first-order valence-corrected chi connectivity index (χ1v) is 9.95. The Labute approximate surface area is 152 Å². The number of hydrogen-bond donors (Lipinski definition) is 2. The largest absolute Gasteiger partial charge is 0.486 e. The summed E-state index contributed by atoms with van der Waals surface area (Å²) in [6, 6.07) is 12.2. The highest BCUT2D eigenvalue weighted by Crippen LogP contribution is 2.32. The molecular weight excluding hydrogens is 360 g/mol. The van der Waals surface area contributed by atoms with E-state index in [4.69, 9.17) is 21.7 Å². The van der Waals surface area contributed by atoms with Gasteiger partial charge in [-0.2, -0.15) is 0 Å². The number of benzene rings is 2. The van der Waals surface area contributed by atoms with Gasteiger partial charge in [0.2, 0.25) is 0 Å². The Morgan fingerprint density at radius 1 is 1.08 bits per heavy atom. The van der Waals surface area contributed by atoms with Crippen LogP contribution in [0.2, 0.25) is 0 Å². The molecule has 2 aromatic carbocycles. The van der Waals surface area contributed by atoms with Gasteiger partial charge >= 0.3 is 0 Å². The fourth-order valence-electron chi connectivity index (χ4n) is 2.33. The minimum atomic E-state index is -3.18. The molecule has 1 heterocycles. The van der Waals surface area contributed by atoms with Crippen molar-refractivity contribution in [2.45, 2.75) is 11.4 Å². The number of hydrogen-bond acceptors (Lipinski definition) is 5. The molecule has 0 radical (unpaired) electrons. The lowest BCUT2D eigenvalue weighted by molar-refractivity contribution is 0.171. The summed E-state index contributed by atoms with van der Waals surface area (Å²) >= 11 is 5.28. The van der Waals surface area contributed by atoms with Gasteiger partial charge in [0.25, 0.3) is 0 Å². The maximum absolute atomic E-state index is 11.5. The molecule has 0 unspecified atom stereocenters. The first kappa shape index (κ1) is 17.5. The monoisotopic (exact) mass is 378 g/mol. The summed E-state index contributed by atoms with van der Waals surface area (Å²) in [4.78, 5) is 0.299. The van der Waals surface area contributed by atoms with Gasteiger partial charge in [-0.25, -0.2) is 8.42 Å². The maximum Gasteiger partial charge on any atom is 0.175 e. The first-order valence-electron chi connectivity index (χ1n) is 7.65. The van der Waals surface area contributed by atoms with Crippen molar-refractivity contribution in [2.24, 2.45) is 0 Å². The Morgan fingerprint density at radius 3 is 2.44 bits per heavy atom. The highest BCUT2D eigenvalue weighted by molar-refractivity contribution is 7.90. The van der Waals surface area contributed by atoms with Crippen LogP contribution in [-0.4, -0.2) is 33.0 Å². The summed E-state index contributed by atoms with van der Waals surface area (Å²) in [5.41, 5.74) is 1.73. The van der Waals surface area contributed by atoms with Crippen molar-refractivity contribution in [3.8, 4) is 11.5 Å². The third-order valence-electron chi connectivity index (χ3n) is 3.60. The molecule has 6 nitrogen and oxygen atoms in total. The average Bonchev–Trinajstić information content (AvgIpc) is 2.59. The molecule has 3 rings (SSSR count). The molecule has 2 aromatic rings. The highest BCUT2D eigenvalue weighted by atomic mass is 32.2. The van der Waals surface area contributed by atoms with E-state index in [2.05, 4.69) is 10.6 Å². The van der Waals surface area contributed by atoms with E-state index in [1.54, 1.807) is 24.3 Å². The molecule has 0 saturated carbocycles. The summed E-state index contributed by atoms with van der Waals surface area (Å²) in [6.45, 7) is 1.57. The molecule has 2 N–H and O–H groups in total. The van der Waals surface area contributed by atoms with Gasteiger partial charge in [0.05, 0.1) is 4.90 Å². The van der Waals surface area contributed by atoms with Crippen molar-refractivity contribution in [1.82, 2.24) is 5.32 Å². The third-order valence-corrected chi connectivity index (χ3v) is 4.98.